The minimum absolute atomic E-state index is 1.18. The largest absolute Gasteiger partial charge is 0.0616 e. The van der Waals surface area contributed by atoms with Crippen molar-refractivity contribution in [3.63, 3.8) is 0 Å². The maximum Gasteiger partial charge on any atom is -0.00926 e. The second-order valence-electron chi connectivity index (χ2n) is 4.62. The molecule has 0 N–H and O–H groups in total. The number of benzene rings is 4. The zero-order valence-electron chi connectivity index (χ0n) is 9.85. The van der Waals surface area contributed by atoms with Crippen LogP contribution in [0.3, 0.4) is 0 Å². The average molecular weight is 227 g/mol. The molecule has 0 spiro atoms. The third kappa shape index (κ3) is 1.32. The second kappa shape index (κ2) is 3.58. The number of hydrogen-bond donors (Lipinski definition) is 0. The fourth-order valence-electron chi connectivity index (χ4n) is 2.61. The summed E-state index contributed by atoms with van der Waals surface area (Å²) in [6.45, 7) is 0. The van der Waals surface area contributed by atoms with Crippen molar-refractivity contribution in [1.29, 1.82) is 0 Å². The standard InChI is InChI=1S/C18H11/c1-2-7-15-12-18-16(11-14(15)6-1)10-9-13-5-3-4-8-17(13)18/h1-8,10-12H. The summed E-state index contributed by atoms with van der Waals surface area (Å²) in [4.78, 5) is 0. The number of hydrogen-bond acceptors (Lipinski definition) is 0. The first-order valence-electron chi connectivity index (χ1n) is 6.14. The molecule has 4 rings (SSSR count). The van der Waals surface area contributed by atoms with Gasteiger partial charge in [0, 0.05) is 0 Å². The summed E-state index contributed by atoms with van der Waals surface area (Å²) in [7, 11) is 0. The van der Waals surface area contributed by atoms with E-state index in [1.165, 1.54) is 32.3 Å². The van der Waals surface area contributed by atoms with E-state index in [4.69, 9.17) is 0 Å². The van der Waals surface area contributed by atoms with Crippen molar-refractivity contribution in [1.82, 2.24) is 0 Å². The second-order valence-corrected chi connectivity index (χ2v) is 4.62. The van der Waals surface area contributed by atoms with Gasteiger partial charge in [-0.1, -0.05) is 48.5 Å². The summed E-state index contributed by atoms with van der Waals surface area (Å²) in [6, 6.07) is 26.9. The van der Waals surface area contributed by atoms with Gasteiger partial charge in [0.2, 0.25) is 0 Å². The summed E-state index contributed by atoms with van der Waals surface area (Å²) >= 11 is 0. The Hall–Kier alpha value is -2.34. The Morgan fingerprint density at radius 1 is 0.611 bits per heavy atom. The van der Waals surface area contributed by atoms with Crippen molar-refractivity contribution in [2.45, 2.75) is 0 Å². The molecule has 0 nitrogen and oxygen atoms in total. The lowest BCUT2D eigenvalue weighted by Gasteiger charge is -2.05. The van der Waals surface area contributed by atoms with Gasteiger partial charge in [-0.25, -0.2) is 0 Å². The SMILES string of the molecule is [c]1cc2cc3ccccc3cc2c2ccccc12. The summed E-state index contributed by atoms with van der Waals surface area (Å²) in [5, 5.41) is 7.60. The average Bonchev–Trinajstić information content (AvgIpc) is 2.45. The lowest BCUT2D eigenvalue weighted by Crippen LogP contribution is -1.79. The third-order valence-corrected chi connectivity index (χ3v) is 3.52. The molecule has 0 fully saturated rings. The van der Waals surface area contributed by atoms with Gasteiger partial charge in [0.1, 0.15) is 0 Å². The maximum atomic E-state index is 3.36. The molecule has 0 aliphatic rings. The van der Waals surface area contributed by atoms with Crippen LogP contribution < -0.4 is 0 Å². The van der Waals surface area contributed by atoms with Gasteiger partial charge in [-0.05, 0) is 56.6 Å². The van der Waals surface area contributed by atoms with E-state index in [1.807, 2.05) is 0 Å². The topological polar surface area (TPSA) is 0 Å². The molecular formula is C18H11. The van der Waals surface area contributed by atoms with Crippen molar-refractivity contribution in [2.75, 3.05) is 0 Å². The minimum Gasteiger partial charge on any atom is -0.0616 e. The molecule has 0 atom stereocenters. The van der Waals surface area contributed by atoms with Gasteiger partial charge in [-0.15, -0.1) is 0 Å². The molecule has 0 aliphatic carbocycles. The summed E-state index contributed by atoms with van der Waals surface area (Å²) < 4.78 is 0. The van der Waals surface area contributed by atoms with Crippen LogP contribution >= 0.6 is 0 Å². The van der Waals surface area contributed by atoms with E-state index in [-0.39, 0.29) is 0 Å². The molecule has 4 aromatic carbocycles. The molecule has 4 aromatic rings. The molecule has 0 heteroatoms. The highest BCUT2D eigenvalue weighted by molar-refractivity contribution is 6.11. The Morgan fingerprint density at radius 3 is 2.22 bits per heavy atom. The van der Waals surface area contributed by atoms with Crippen molar-refractivity contribution in [2.24, 2.45) is 0 Å². The van der Waals surface area contributed by atoms with E-state index in [0.29, 0.717) is 0 Å². The molecule has 0 bridgehead atoms. The van der Waals surface area contributed by atoms with Crippen LogP contribution in [-0.4, -0.2) is 0 Å². The molecule has 0 aromatic heterocycles. The summed E-state index contributed by atoms with van der Waals surface area (Å²) in [5.74, 6) is 0. The van der Waals surface area contributed by atoms with Crippen LogP contribution in [0.2, 0.25) is 0 Å². The van der Waals surface area contributed by atoms with Gasteiger partial charge in [0.25, 0.3) is 0 Å². The highest BCUT2D eigenvalue weighted by Crippen LogP contribution is 2.28. The summed E-state index contributed by atoms with van der Waals surface area (Å²) in [5.41, 5.74) is 0. The smallest absolute Gasteiger partial charge is 0.00926 e. The first kappa shape index (κ1) is 9.67. The third-order valence-electron chi connectivity index (χ3n) is 3.52. The Balaban J connectivity index is 2.27. The lowest BCUT2D eigenvalue weighted by molar-refractivity contribution is 1.77. The van der Waals surface area contributed by atoms with Gasteiger partial charge in [0.05, 0.1) is 0 Å². The molecule has 0 saturated carbocycles. The van der Waals surface area contributed by atoms with Crippen LogP contribution in [-0.2, 0) is 0 Å². The van der Waals surface area contributed by atoms with Crippen molar-refractivity contribution < 1.29 is 0 Å². The summed E-state index contributed by atoms with van der Waals surface area (Å²) in [6.07, 6.45) is 0. The highest BCUT2D eigenvalue weighted by atomic mass is 14.1. The Morgan fingerprint density at radius 2 is 1.33 bits per heavy atom. The van der Waals surface area contributed by atoms with Crippen LogP contribution in [0.4, 0.5) is 0 Å². The predicted octanol–water partition coefficient (Wildman–Crippen LogP) is 4.95. The van der Waals surface area contributed by atoms with Crippen molar-refractivity contribution in [3.05, 3.63) is 72.8 Å². The molecule has 1 radical (unpaired) electrons. The zero-order chi connectivity index (χ0) is 11.9. The molecule has 18 heavy (non-hydrogen) atoms. The van der Waals surface area contributed by atoms with Crippen LogP contribution in [0.15, 0.2) is 66.7 Å². The van der Waals surface area contributed by atoms with Gasteiger partial charge >= 0.3 is 0 Å². The first-order valence-corrected chi connectivity index (χ1v) is 6.14. The van der Waals surface area contributed by atoms with E-state index < -0.39 is 0 Å². The van der Waals surface area contributed by atoms with E-state index >= 15 is 0 Å². The van der Waals surface area contributed by atoms with Gasteiger partial charge in [-0.2, -0.15) is 0 Å². The van der Waals surface area contributed by atoms with Gasteiger partial charge in [-0.3, -0.25) is 0 Å². The maximum absolute atomic E-state index is 3.36. The van der Waals surface area contributed by atoms with Crippen molar-refractivity contribution >= 4 is 32.3 Å². The van der Waals surface area contributed by atoms with E-state index in [2.05, 4.69) is 72.8 Å². The fraction of sp³-hybridized carbons (Fsp3) is 0. The van der Waals surface area contributed by atoms with Gasteiger partial charge < -0.3 is 0 Å². The van der Waals surface area contributed by atoms with Crippen LogP contribution in [0, 0.1) is 6.07 Å². The first-order chi connectivity index (χ1) is 8.92. The van der Waals surface area contributed by atoms with Gasteiger partial charge in [0.15, 0.2) is 0 Å². The molecule has 83 valence electrons. The lowest BCUT2D eigenvalue weighted by atomic mass is 9.98. The van der Waals surface area contributed by atoms with Crippen molar-refractivity contribution in [3.8, 4) is 0 Å². The van der Waals surface area contributed by atoms with E-state index in [0.717, 1.165) is 0 Å². The minimum atomic E-state index is 1.18. The number of rotatable bonds is 0. The molecule has 0 aliphatic heterocycles. The van der Waals surface area contributed by atoms with E-state index in [1.54, 1.807) is 0 Å². The zero-order valence-corrected chi connectivity index (χ0v) is 9.85. The van der Waals surface area contributed by atoms with Crippen LogP contribution in [0.25, 0.3) is 32.3 Å². The Kier molecular flexibility index (Phi) is 1.92. The Bertz CT molecular complexity index is 866. The predicted molar refractivity (Wildman–Crippen MR) is 77.8 cm³/mol. The quantitative estimate of drug-likeness (QED) is 0.294. The molecule has 0 heterocycles. The van der Waals surface area contributed by atoms with Crippen LogP contribution in [0.1, 0.15) is 0 Å². The fourth-order valence-corrected chi connectivity index (χ4v) is 2.61. The monoisotopic (exact) mass is 227 g/mol. The van der Waals surface area contributed by atoms with E-state index in [9.17, 15) is 0 Å². The highest BCUT2D eigenvalue weighted by Gasteiger charge is 2.02. The molecule has 0 amide bonds. The molecule has 0 saturated heterocycles. The normalized spacial score (nSPS) is 11.3. The van der Waals surface area contributed by atoms with Crippen LogP contribution in [0.5, 0.6) is 0 Å². The molecular weight excluding hydrogens is 216 g/mol. The number of fused-ring (bicyclic) bond motifs is 4. The Labute approximate surface area is 105 Å². The molecule has 0 unspecified atom stereocenters.